The van der Waals surface area contributed by atoms with Crippen molar-refractivity contribution < 1.29 is 4.79 Å². The Balaban J connectivity index is 1.64. The molecule has 1 saturated carbocycles. The first kappa shape index (κ1) is 14.0. The van der Waals surface area contributed by atoms with Gasteiger partial charge in [-0.3, -0.25) is 4.98 Å². The zero-order valence-electron chi connectivity index (χ0n) is 12.1. The first-order valence-corrected chi connectivity index (χ1v) is 6.95. The minimum atomic E-state index is -0.448. The molecule has 0 atom stereocenters. The molecule has 2 aromatic rings. The number of hydrogen-bond acceptors (Lipinski definition) is 4. The van der Waals surface area contributed by atoms with Gasteiger partial charge in [0, 0.05) is 18.6 Å². The molecule has 1 fully saturated rings. The third-order valence-corrected chi connectivity index (χ3v) is 3.40. The fourth-order valence-electron chi connectivity index (χ4n) is 1.93. The normalized spacial score (nSPS) is 14.4. The van der Waals surface area contributed by atoms with E-state index >= 15 is 0 Å². The second-order valence-electron chi connectivity index (χ2n) is 5.23. The highest BCUT2D eigenvalue weighted by Gasteiger charge is 2.42. The number of aromatic nitrogens is 3. The lowest BCUT2D eigenvalue weighted by Gasteiger charge is -2.13. The molecule has 1 aliphatic rings. The summed E-state index contributed by atoms with van der Waals surface area (Å²) in [5.74, 6) is 6.10. The molecule has 0 aromatic carbocycles. The quantitative estimate of drug-likeness (QED) is 0.829. The molecule has 0 saturated heterocycles. The summed E-state index contributed by atoms with van der Waals surface area (Å²) in [4.78, 5) is 23.9. The molecule has 0 bridgehead atoms. The Hall–Kier alpha value is -2.94. The van der Waals surface area contributed by atoms with Crippen molar-refractivity contribution in [3.8, 4) is 11.8 Å². The van der Waals surface area contributed by atoms with Gasteiger partial charge in [-0.05, 0) is 31.4 Å². The van der Waals surface area contributed by atoms with Crippen LogP contribution < -0.4 is 10.6 Å². The van der Waals surface area contributed by atoms with Crippen LogP contribution in [-0.4, -0.2) is 26.5 Å². The van der Waals surface area contributed by atoms with Gasteiger partial charge >= 0.3 is 6.03 Å². The predicted octanol–water partition coefficient (Wildman–Crippen LogP) is 1.89. The minimum absolute atomic E-state index is 0.271. The predicted molar refractivity (Wildman–Crippen MR) is 82.0 cm³/mol. The van der Waals surface area contributed by atoms with Gasteiger partial charge in [0.1, 0.15) is 11.9 Å². The number of rotatable bonds is 2. The van der Waals surface area contributed by atoms with E-state index in [0.29, 0.717) is 5.69 Å². The number of pyridine rings is 1. The molecule has 2 amide bonds. The maximum atomic E-state index is 12.1. The summed E-state index contributed by atoms with van der Waals surface area (Å²) in [6.07, 6.45) is 9.75. The smallest absolute Gasteiger partial charge is 0.320 e. The number of anilines is 1. The van der Waals surface area contributed by atoms with E-state index in [1.165, 1.54) is 6.33 Å². The standard InChI is InChI=1S/C16H15N5O/c1-12-3-7-17-10-14(12)20-15(22)21-16(5-6-16)4-2-13-8-18-11-19-9-13/h3,7-11H,5-6H2,1H3,(H2,20,21,22). The molecular weight excluding hydrogens is 278 g/mol. The van der Waals surface area contributed by atoms with Gasteiger partial charge in [-0.2, -0.15) is 0 Å². The number of urea groups is 1. The number of hydrogen-bond donors (Lipinski definition) is 2. The summed E-state index contributed by atoms with van der Waals surface area (Å²) in [6.45, 7) is 1.92. The molecule has 0 spiro atoms. The van der Waals surface area contributed by atoms with Gasteiger partial charge in [-0.15, -0.1) is 0 Å². The molecule has 6 heteroatoms. The molecule has 0 aliphatic heterocycles. The van der Waals surface area contributed by atoms with Crippen molar-refractivity contribution in [3.63, 3.8) is 0 Å². The highest BCUT2D eigenvalue weighted by atomic mass is 16.2. The fourth-order valence-corrected chi connectivity index (χ4v) is 1.93. The number of carbonyl (C=O) groups excluding carboxylic acids is 1. The van der Waals surface area contributed by atoms with Crippen LogP contribution in [0.5, 0.6) is 0 Å². The second kappa shape index (κ2) is 5.82. The zero-order valence-corrected chi connectivity index (χ0v) is 12.1. The molecule has 2 N–H and O–H groups in total. The van der Waals surface area contributed by atoms with Gasteiger partial charge < -0.3 is 10.6 Å². The van der Waals surface area contributed by atoms with E-state index in [4.69, 9.17) is 0 Å². The third kappa shape index (κ3) is 3.38. The number of nitrogens with zero attached hydrogens (tertiary/aromatic N) is 3. The first-order chi connectivity index (χ1) is 10.7. The average Bonchev–Trinajstić information content (AvgIpc) is 3.28. The Kier molecular flexibility index (Phi) is 3.71. The van der Waals surface area contributed by atoms with Crippen molar-refractivity contribution >= 4 is 11.7 Å². The Morgan fingerprint density at radius 1 is 1.23 bits per heavy atom. The maximum absolute atomic E-state index is 12.1. The van der Waals surface area contributed by atoms with Crippen LogP contribution in [0.2, 0.25) is 0 Å². The molecule has 3 rings (SSSR count). The van der Waals surface area contributed by atoms with Crippen molar-refractivity contribution in [2.75, 3.05) is 5.32 Å². The SMILES string of the molecule is Cc1ccncc1NC(=O)NC1(C#Cc2cncnc2)CC1. The monoisotopic (exact) mass is 293 g/mol. The fraction of sp³-hybridized carbons (Fsp3) is 0.250. The zero-order chi connectivity index (χ0) is 15.4. The Morgan fingerprint density at radius 3 is 2.68 bits per heavy atom. The molecule has 6 nitrogen and oxygen atoms in total. The van der Waals surface area contributed by atoms with E-state index in [-0.39, 0.29) is 6.03 Å². The van der Waals surface area contributed by atoms with E-state index in [1.54, 1.807) is 24.8 Å². The Labute approximate surface area is 128 Å². The van der Waals surface area contributed by atoms with Crippen molar-refractivity contribution in [1.82, 2.24) is 20.3 Å². The van der Waals surface area contributed by atoms with Crippen LogP contribution >= 0.6 is 0 Å². The second-order valence-corrected chi connectivity index (χ2v) is 5.23. The Morgan fingerprint density at radius 2 is 2.00 bits per heavy atom. The summed E-state index contributed by atoms with van der Waals surface area (Å²) in [5, 5.41) is 5.72. The molecule has 2 heterocycles. The van der Waals surface area contributed by atoms with Crippen LogP contribution in [0, 0.1) is 18.8 Å². The topological polar surface area (TPSA) is 79.8 Å². The van der Waals surface area contributed by atoms with Crippen LogP contribution in [-0.2, 0) is 0 Å². The number of carbonyl (C=O) groups is 1. The molecule has 2 aromatic heterocycles. The third-order valence-electron chi connectivity index (χ3n) is 3.40. The highest BCUT2D eigenvalue weighted by molar-refractivity contribution is 5.91. The lowest BCUT2D eigenvalue weighted by Crippen LogP contribution is -2.39. The number of aryl methyl sites for hydroxylation is 1. The minimum Gasteiger partial charge on any atom is -0.322 e. The van der Waals surface area contributed by atoms with Crippen molar-refractivity contribution in [2.45, 2.75) is 25.3 Å². The molecule has 0 unspecified atom stereocenters. The molecular formula is C16H15N5O. The molecule has 110 valence electrons. The number of nitrogens with one attached hydrogen (secondary N) is 2. The van der Waals surface area contributed by atoms with E-state index in [2.05, 4.69) is 37.4 Å². The van der Waals surface area contributed by atoms with Gasteiger partial charge in [0.2, 0.25) is 0 Å². The van der Waals surface area contributed by atoms with Gasteiger partial charge in [-0.25, -0.2) is 14.8 Å². The van der Waals surface area contributed by atoms with Gasteiger partial charge in [0.05, 0.1) is 17.4 Å². The van der Waals surface area contributed by atoms with E-state index < -0.39 is 5.54 Å². The van der Waals surface area contributed by atoms with E-state index in [0.717, 1.165) is 24.0 Å². The van der Waals surface area contributed by atoms with Crippen LogP contribution in [0.4, 0.5) is 10.5 Å². The first-order valence-electron chi connectivity index (χ1n) is 6.95. The van der Waals surface area contributed by atoms with Crippen LogP contribution in [0.3, 0.4) is 0 Å². The largest absolute Gasteiger partial charge is 0.322 e. The number of amides is 2. The van der Waals surface area contributed by atoms with Crippen molar-refractivity contribution in [3.05, 3.63) is 48.3 Å². The van der Waals surface area contributed by atoms with E-state index in [1.807, 2.05) is 13.0 Å². The van der Waals surface area contributed by atoms with Gasteiger partial charge in [0.15, 0.2) is 0 Å². The maximum Gasteiger partial charge on any atom is 0.320 e. The summed E-state index contributed by atoms with van der Waals surface area (Å²) in [7, 11) is 0. The summed E-state index contributed by atoms with van der Waals surface area (Å²) in [5.41, 5.74) is 1.94. The van der Waals surface area contributed by atoms with Crippen molar-refractivity contribution in [1.29, 1.82) is 0 Å². The van der Waals surface area contributed by atoms with Crippen LogP contribution in [0.15, 0.2) is 37.2 Å². The van der Waals surface area contributed by atoms with Crippen LogP contribution in [0.1, 0.15) is 24.0 Å². The lowest BCUT2D eigenvalue weighted by atomic mass is 10.2. The van der Waals surface area contributed by atoms with Crippen molar-refractivity contribution in [2.24, 2.45) is 0 Å². The Bertz CT molecular complexity index is 744. The van der Waals surface area contributed by atoms with Gasteiger partial charge in [0.25, 0.3) is 0 Å². The average molecular weight is 293 g/mol. The summed E-state index contributed by atoms with van der Waals surface area (Å²) < 4.78 is 0. The molecule has 0 radical (unpaired) electrons. The van der Waals surface area contributed by atoms with Gasteiger partial charge in [-0.1, -0.05) is 11.8 Å². The molecule has 1 aliphatic carbocycles. The summed E-state index contributed by atoms with van der Waals surface area (Å²) in [6, 6.07) is 1.57. The highest BCUT2D eigenvalue weighted by Crippen LogP contribution is 2.34. The lowest BCUT2D eigenvalue weighted by molar-refractivity contribution is 0.250. The summed E-state index contributed by atoms with van der Waals surface area (Å²) >= 11 is 0. The molecule has 22 heavy (non-hydrogen) atoms. The van der Waals surface area contributed by atoms with E-state index in [9.17, 15) is 4.79 Å². The van der Waals surface area contributed by atoms with Crippen LogP contribution in [0.25, 0.3) is 0 Å².